The zero-order valence-electron chi connectivity index (χ0n) is 13.7. The monoisotopic (exact) mass is 333 g/mol. The molecule has 0 aliphatic carbocycles. The van der Waals surface area contributed by atoms with Gasteiger partial charge < -0.3 is 10.1 Å². The third-order valence-corrected chi connectivity index (χ3v) is 3.75. The maximum Gasteiger partial charge on any atom is 0.266 e. The van der Waals surface area contributed by atoms with Crippen molar-refractivity contribution in [3.05, 3.63) is 54.4 Å². The van der Waals surface area contributed by atoms with Crippen LogP contribution < -0.4 is 10.1 Å². The van der Waals surface area contributed by atoms with Crippen molar-refractivity contribution in [3.63, 3.8) is 0 Å². The fourth-order valence-electron chi connectivity index (χ4n) is 2.69. The van der Waals surface area contributed by atoms with E-state index in [1.165, 1.54) is 6.92 Å². The summed E-state index contributed by atoms with van der Waals surface area (Å²) in [5.41, 5.74) is 2.98. The molecule has 0 saturated carbocycles. The highest BCUT2D eigenvalue weighted by atomic mass is 16.5. The van der Waals surface area contributed by atoms with Gasteiger partial charge in [0.15, 0.2) is 0 Å². The highest BCUT2D eigenvalue weighted by Gasteiger charge is 2.14. The van der Waals surface area contributed by atoms with Crippen LogP contribution in [0.25, 0.3) is 16.7 Å². The minimum Gasteiger partial charge on any atom is -0.436 e. The average molecular weight is 333 g/mol. The molecular formula is C18H15N5O2. The van der Waals surface area contributed by atoms with E-state index in [4.69, 9.17) is 4.74 Å². The number of nitrogens with zero attached hydrogens (tertiary/aromatic N) is 4. The van der Waals surface area contributed by atoms with Gasteiger partial charge in [0.1, 0.15) is 11.6 Å². The van der Waals surface area contributed by atoms with Gasteiger partial charge in [-0.2, -0.15) is 0 Å². The molecule has 25 heavy (non-hydrogen) atoms. The quantitative estimate of drug-likeness (QED) is 0.622. The fourth-order valence-corrected chi connectivity index (χ4v) is 2.69. The number of anilines is 1. The van der Waals surface area contributed by atoms with Gasteiger partial charge in [0.05, 0.1) is 11.0 Å². The molecule has 4 rings (SSSR count). The molecule has 1 amide bonds. The lowest BCUT2D eigenvalue weighted by Crippen LogP contribution is -2.05. The Hall–Kier alpha value is -3.48. The first-order valence-corrected chi connectivity index (χ1v) is 7.78. The number of hydrogen-bond acceptors (Lipinski definition) is 5. The van der Waals surface area contributed by atoms with Crippen LogP contribution in [0.4, 0.5) is 5.69 Å². The van der Waals surface area contributed by atoms with Crippen molar-refractivity contribution < 1.29 is 9.53 Å². The molecule has 0 unspecified atom stereocenters. The number of aromatic nitrogens is 4. The number of rotatable bonds is 3. The molecule has 1 N–H and O–H groups in total. The lowest BCUT2D eigenvalue weighted by molar-refractivity contribution is -0.114. The Kier molecular flexibility index (Phi) is 3.53. The maximum atomic E-state index is 11.1. The van der Waals surface area contributed by atoms with Crippen LogP contribution in [0.5, 0.6) is 11.6 Å². The SMILES string of the molecule is CC(=O)Nc1ccc(Oc2nc3ccccc3n3c(C)nnc23)cc1. The number of amides is 1. The van der Waals surface area contributed by atoms with Crippen LogP contribution in [0.1, 0.15) is 12.7 Å². The molecule has 7 nitrogen and oxygen atoms in total. The first-order valence-electron chi connectivity index (χ1n) is 7.78. The molecule has 2 aromatic carbocycles. The number of para-hydroxylation sites is 2. The second-order valence-electron chi connectivity index (χ2n) is 5.62. The second kappa shape index (κ2) is 5.86. The molecule has 0 radical (unpaired) electrons. The third-order valence-electron chi connectivity index (χ3n) is 3.75. The van der Waals surface area contributed by atoms with Crippen LogP contribution in [0.2, 0.25) is 0 Å². The highest BCUT2D eigenvalue weighted by Crippen LogP contribution is 2.28. The summed E-state index contributed by atoms with van der Waals surface area (Å²) in [5.74, 6) is 1.62. The van der Waals surface area contributed by atoms with E-state index >= 15 is 0 Å². The van der Waals surface area contributed by atoms with Crippen LogP contribution in [0, 0.1) is 6.92 Å². The van der Waals surface area contributed by atoms with E-state index < -0.39 is 0 Å². The van der Waals surface area contributed by atoms with Crippen LogP contribution in [0.3, 0.4) is 0 Å². The predicted molar refractivity (Wildman–Crippen MR) is 93.8 cm³/mol. The summed E-state index contributed by atoms with van der Waals surface area (Å²) >= 11 is 0. The molecule has 0 aliphatic heterocycles. The summed E-state index contributed by atoms with van der Waals surface area (Å²) in [6.45, 7) is 3.35. The lowest BCUT2D eigenvalue weighted by atomic mass is 10.3. The van der Waals surface area contributed by atoms with Crippen molar-refractivity contribution in [2.45, 2.75) is 13.8 Å². The van der Waals surface area contributed by atoms with Gasteiger partial charge in [-0.3, -0.25) is 9.20 Å². The number of aryl methyl sites for hydroxylation is 1. The molecule has 2 aromatic heterocycles. The standard InChI is InChI=1S/C18H15N5O2/c1-11-21-22-17-18(20-15-5-3-4-6-16(15)23(11)17)25-14-9-7-13(8-10-14)19-12(2)24/h3-10H,1-2H3,(H,19,24). The third kappa shape index (κ3) is 2.76. The molecule has 124 valence electrons. The lowest BCUT2D eigenvalue weighted by Gasteiger charge is -2.09. The normalized spacial score (nSPS) is 11.0. The van der Waals surface area contributed by atoms with Gasteiger partial charge in [-0.05, 0) is 43.3 Å². The van der Waals surface area contributed by atoms with E-state index in [9.17, 15) is 4.79 Å². The Morgan fingerprint density at radius 2 is 1.84 bits per heavy atom. The van der Waals surface area contributed by atoms with Crippen LogP contribution in [-0.4, -0.2) is 25.5 Å². The molecule has 0 atom stereocenters. The summed E-state index contributed by atoms with van der Waals surface area (Å²) in [6.07, 6.45) is 0. The number of hydrogen-bond donors (Lipinski definition) is 1. The van der Waals surface area contributed by atoms with Crippen LogP contribution >= 0.6 is 0 Å². The second-order valence-corrected chi connectivity index (χ2v) is 5.62. The van der Waals surface area contributed by atoms with E-state index in [2.05, 4.69) is 20.5 Å². The smallest absolute Gasteiger partial charge is 0.266 e. The Balaban J connectivity index is 1.77. The molecule has 2 heterocycles. The number of fused-ring (bicyclic) bond motifs is 3. The van der Waals surface area contributed by atoms with Gasteiger partial charge in [0, 0.05) is 12.6 Å². The zero-order valence-corrected chi connectivity index (χ0v) is 13.7. The van der Waals surface area contributed by atoms with Crippen molar-refractivity contribution in [1.82, 2.24) is 19.6 Å². The van der Waals surface area contributed by atoms with Gasteiger partial charge in [0.25, 0.3) is 5.88 Å². The van der Waals surface area contributed by atoms with E-state index in [0.29, 0.717) is 23.0 Å². The van der Waals surface area contributed by atoms with E-state index in [-0.39, 0.29) is 5.91 Å². The minimum atomic E-state index is -0.120. The number of ether oxygens (including phenoxy) is 1. The summed E-state index contributed by atoms with van der Waals surface area (Å²) < 4.78 is 7.85. The fraction of sp³-hybridized carbons (Fsp3) is 0.111. The predicted octanol–water partition coefficient (Wildman–Crippen LogP) is 3.34. The molecule has 4 aromatic rings. The Bertz CT molecular complexity index is 1090. The molecular weight excluding hydrogens is 318 g/mol. The van der Waals surface area contributed by atoms with Gasteiger partial charge in [-0.25, -0.2) is 4.98 Å². The molecule has 0 spiro atoms. The van der Waals surface area contributed by atoms with Gasteiger partial charge in [-0.1, -0.05) is 12.1 Å². The number of carbonyl (C=O) groups excluding carboxylic acids is 1. The van der Waals surface area contributed by atoms with E-state index in [1.54, 1.807) is 24.3 Å². The Labute approximate surface area is 143 Å². The number of carbonyl (C=O) groups is 1. The summed E-state index contributed by atoms with van der Waals surface area (Å²) in [5, 5.41) is 11.0. The van der Waals surface area contributed by atoms with Crippen molar-refractivity contribution >= 4 is 28.3 Å². The van der Waals surface area contributed by atoms with Gasteiger partial charge >= 0.3 is 0 Å². The van der Waals surface area contributed by atoms with E-state index in [0.717, 1.165) is 16.9 Å². The molecule has 0 fully saturated rings. The van der Waals surface area contributed by atoms with Crippen LogP contribution in [0.15, 0.2) is 48.5 Å². The Morgan fingerprint density at radius 1 is 1.08 bits per heavy atom. The van der Waals surface area contributed by atoms with Gasteiger partial charge in [0.2, 0.25) is 11.6 Å². The summed E-state index contributed by atoms with van der Waals surface area (Å²) in [4.78, 5) is 15.7. The van der Waals surface area contributed by atoms with Crippen molar-refractivity contribution in [2.75, 3.05) is 5.32 Å². The van der Waals surface area contributed by atoms with Crippen molar-refractivity contribution in [3.8, 4) is 11.6 Å². The van der Waals surface area contributed by atoms with Gasteiger partial charge in [-0.15, -0.1) is 10.2 Å². The topological polar surface area (TPSA) is 81.4 Å². The molecule has 0 bridgehead atoms. The molecule has 7 heteroatoms. The van der Waals surface area contributed by atoms with E-state index in [1.807, 2.05) is 35.6 Å². The number of benzene rings is 2. The largest absolute Gasteiger partial charge is 0.436 e. The first kappa shape index (κ1) is 15.1. The van der Waals surface area contributed by atoms with Crippen molar-refractivity contribution in [1.29, 1.82) is 0 Å². The molecule has 0 aliphatic rings. The summed E-state index contributed by atoms with van der Waals surface area (Å²) in [7, 11) is 0. The maximum absolute atomic E-state index is 11.1. The van der Waals surface area contributed by atoms with Crippen LogP contribution in [-0.2, 0) is 4.79 Å². The Morgan fingerprint density at radius 3 is 2.60 bits per heavy atom. The average Bonchev–Trinajstić information content (AvgIpc) is 2.99. The number of nitrogens with one attached hydrogen (secondary N) is 1. The minimum absolute atomic E-state index is 0.120. The highest BCUT2D eigenvalue weighted by molar-refractivity contribution is 5.88. The van der Waals surface area contributed by atoms with Crippen molar-refractivity contribution in [2.24, 2.45) is 0 Å². The molecule has 0 saturated heterocycles. The zero-order chi connectivity index (χ0) is 17.4. The first-order chi connectivity index (χ1) is 12.1. The summed E-state index contributed by atoms with van der Waals surface area (Å²) in [6, 6.07) is 14.8.